The van der Waals surface area contributed by atoms with E-state index in [1.165, 1.54) is 6.08 Å². The third-order valence-electron chi connectivity index (χ3n) is 5.03. The zero-order valence-corrected chi connectivity index (χ0v) is 18.5. The average molecular weight is 436 g/mol. The van der Waals surface area contributed by atoms with Crippen LogP contribution >= 0.6 is 0 Å². The lowest BCUT2D eigenvalue weighted by Gasteiger charge is -2.24. The van der Waals surface area contributed by atoms with E-state index in [0.29, 0.717) is 18.8 Å². The quantitative estimate of drug-likeness (QED) is 0.245. The summed E-state index contributed by atoms with van der Waals surface area (Å²) in [4.78, 5) is 27.0. The second-order valence-electron chi connectivity index (χ2n) is 8.67. The molecule has 3 rings (SSSR count). The molecule has 7 heteroatoms. The summed E-state index contributed by atoms with van der Waals surface area (Å²) >= 11 is 0. The number of carbonyl (C=O) groups is 2. The number of fused-ring (bicyclic) bond motifs is 1. The van der Waals surface area contributed by atoms with Gasteiger partial charge in [0, 0.05) is 28.6 Å². The normalized spacial score (nSPS) is 12.6. The van der Waals surface area contributed by atoms with Gasteiger partial charge in [-0.05, 0) is 41.8 Å². The molecule has 0 aliphatic heterocycles. The van der Waals surface area contributed by atoms with Crippen LogP contribution in [0.1, 0.15) is 31.9 Å². The molecule has 1 heterocycles. The Morgan fingerprint density at radius 1 is 1.12 bits per heavy atom. The van der Waals surface area contributed by atoms with E-state index in [9.17, 15) is 9.59 Å². The Morgan fingerprint density at radius 2 is 1.84 bits per heavy atom. The van der Waals surface area contributed by atoms with Crippen LogP contribution in [-0.4, -0.2) is 34.7 Å². The molecule has 32 heavy (non-hydrogen) atoms. The van der Waals surface area contributed by atoms with Crippen LogP contribution in [0.3, 0.4) is 0 Å². The SMILES string of the molecule is CC(C)(C)C(=O)N[C@H](COc1ccc(/C=C/C(=O)NO)cc1)Cc1c[nH]c2ccccc12. The molecule has 0 unspecified atom stereocenters. The number of hydroxylamine groups is 1. The van der Waals surface area contributed by atoms with Gasteiger partial charge in [-0.25, -0.2) is 5.48 Å². The number of hydrogen-bond acceptors (Lipinski definition) is 4. The van der Waals surface area contributed by atoms with E-state index < -0.39 is 11.3 Å². The van der Waals surface area contributed by atoms with Crippen molar-refractivity contribution in [2.75, 3.05) is 6.61 Å². The van der Waals surface area contributed by atoms with Gasteiger partial charge in [0.15, 0.2) is 0 Å². The van der Waals surface area contributed by atoms with Gasteiger partial charge in [-0.15, -0.1) is 0 Å². The first-order valence-electron chi connectivity index (χ1n) is 10.5. The van der Waals surface area contributed by atoms with Crippen LogP contribution in [0.25, 0.3) is 17.0 Å². The third-order valence-corrected chi connectivity index (χ3v) is 5.03. The van der Waals surface area contributed by atoms with Gasteiger partial charge in [-0.3, -0.25) is 14.8 Å². The van der Waals surface area contributed by atoms with Crippen molar-refractivity contribution in [1.29, 1.82) is 0 Å². The highest BCUT2D eigenvalue weighted by atomic mass is 16.5. The van der Waals surface area contributed by atoms with Gasteiger partial charge in [0.25, 0.3) is 5.91 Å². The van der Waals surface area contributed by atoms with Crippen LogP contribution in [0.15, 0.2) is 60.8 Å². The van der Waals surface area contributed by atoms with E-state index in [1.807, 2.05) is 45.2 Å². The maximum atomic E-state index is 12.6. The molecule has 0 saturated heterocycles. The fourth-order valence-electron chi connectivity index (χ4n) is 3.20. The summed E-state index contributed by atoms with van der Waals surface area (Å²) in [6.07, 6.45) is 5.42. The topological polar surface area (TPSA) is 103 Å². The molecule has 4 N–H and O–H groups in total. The van der Waals surface area contributed by atoms with Gasteiger partial charge in [-0.2, -0.15) is 0 Å². The Labute approximate surface area is 187 Å². The van der Waals surface area contributed by atoms with Crippen molar-refractivity contribution in [2.45, 2.75) is 33.2 Å². The first kappa shape index (κ1) is 23.1. The number of aromatic amines is 1. The summed E-state index contributed by atoms with van der Waals surface area (Å²) in [6, 6.07) is 15.1. The van der Waals surface area contributed by atoms with Gasteiger partial charge in [0.05, 0.1) is 6.04 Å². The molecule has 168 valence electrons. The number of rotatable bonds is 8. The van der Waals surface area contributed by atoms with E-state index in [4.69, 9.17) is 9.94 Å². The number of para-hydroxylation sites is 1. The molecular weight excluding hydrogens is 406 g/mol. The summed E-state index contributed by atoms with van der Waals surface area (Å²) in [5.41, 5.74) is 4.00. The largest absolute Gasteiger partial charge is 0.491 e. The summed E-state index contributed by atoms with van der Waals surface area (Å²) in [6.45, 7) is 5.96. The van der Waals surface area contributed by atoms with Crippen LogP contribution in [0.4, 0.5) is 0 Å². The Bertz CT molecular complexity index is 1090. The van der Waals surface area contributed by atoms with Crippen molar-refractivity contribution in [1.82, 2.24) is 15.8 Å². The summed E-state index contributed by atoms with van der Waals surface area (Å²) < 4.78 is 5.98. The van der Waals surface area contributed by atoms with Gasteiger partial charge in [0.1, 0.15) is 12.4 Å². The lowest BCUT2D eigenvalue weighted by molar-refractivity contribution is -0.129. The average Bonchev–Trinajstić information content (AvgIpc) is 3.18. The molecule has 2 aromatic carbocycles. The van der Waals surface area contributed by atoms with Crippen molar-refractivity contribution in [3.8, 4) is 5.75 Å². The van der Waals surface area contributed by atoms with E-state index in [0.717, 1.165) is 22.0 Å². The lowest BCUT2D eigenvalue weighted by Crippen LogP contribution is -2.45. The molecule has 0 bridgehead atoms. The highest BCUT2D eigenvalue weighted by Crippen LogP contribution is 2.21. The van der Waals surface area contributed by atoms with Crippen LogP contribution in [0.2, 0.25) is 0 Å². The third kappa shape index (κ3) is 6.21. The Hall–Kier alpha value is -3.58. The minimum absolute atomic E-state index is 0.0337. The molecular formula is C25H29N3O4. The smallest absolute Gasteiger partial charge is 0.267 e. The van der Waals surface area contributed by atoms with Crippen molar-refractivity contribution in [3.05, 3.63) is 71.9 Å². The molecule has 7 nitrogen and oxygen atoms in total. The second-order valence-corrected chi connectivity index (χ2v) is 8.67. The van der Waals surface area contributed by atoms with E-state index in [2.05, 4.69) is 16.4 Å². The van der Waals surface area contributed by atoms with Crippen molar-refractivity contribution in [3.63, 3.8) is 0 Å². The molecule has 0 aliphatic rings. The molecule has 1 atom stereocenters. The molecule has 3 aromatic rings. The summed E-state index contributed by atoms with van der Waals surface area (Å²) in [5, 5.41) is 12.8. The molecule has 0 radical (unpaired) electrons. The standard InChI is InChI=1S/C25H29N3O4/c1-25(2,3)24(30)27-19(14-18-15-26-22-7-5-4-6-21(18)22)16-32-20-11-8-17(9-12-20)10-13-23(29)28-31/h4-13,15,19,26,31H,14,16H2,1-3H3,(H,27,30)(H,28,29)/b13-10+/t19-/m0/s1. The fourth-order valence-corrected chi connectivity index (χ4v) is 3.20. The maximum Gasteiger partial charge on any atom is 0.267 e. The zero-order valence-electron chi connectivity index (χ0n) is 18.5. The highest BCUT2D eigenvalue weighted by molar-refractivity contribution is 5.90. The van der Waals surface area contributed by atoms with Gasteiger partial charge < -0.3 is 15.0 Å². The lowest BCUT2D eigenvalue weighted by atomic mass is 9.94. The number of benzene rings is 2. The monoisotopic (exact) mass is 435 g/mol. The predicted molar refractivity (Wildman–Crippen MR) is 124 cm³/mol. The first-order chi connectivity index (χ1) is 15.3. The minimum atomic E-state index is -0.597. The van der Waals surface area contributed by atoms with Gasteiger partial charge in [0.2, 0.25) is 5.91 Å². The second kappa shape index (κ2) is 10.2. The molecule has 2 amide bonds. The Kier molecular flexibility index (Phi) is 7.33. The molecule has 0 aliphatic carbocycles. The van der Waals surface area contributed by atoms with E-state index in [1.54, 1.807) is 35.8 Å². The van der Waals surface area contributed by atoms with Crippen LogP contribution < -0.4 is 15.5 Å². The minimum Gasteiger partial charge on any atom is -0.491 e. The molecule has 0 fully saturated rings. The Morgan fingerprint density at radius 3 is 2.53 bits per heavy atom. The summed E-state index contributed by atoms with van der Waals surface area (Å²) in [7, 11) is 0. The first-order valence-corrected chi connectivity index (χ1v) is 10.5. The van der Waals surface area contributed by atoms with Crippen molar-refractivity contribution in [2.24, 2.45) is 5.41 Å². The zero-order chi connectivity index (χ0) is 23.1. The maximum absolute atomic E-state index is 12.6. The van der Waals surface area contributed by atoms with Crippen molar-refractivity contribution < 1.29 is 19.5 Å². The predicted octanol–water partition coefficient (Wildman–Crippen LogP) is 3.84. The van der Waals surface area contributed by atoms with Crippen molar-refractivity contribution >= 4 is 28.8 Å². The van der Waals surface area contributed by atoms with Crippen LogP contribution in [-0.2, 0) is 16.0 Å². The number of hydrogen-bond donors (Lipinski definition) is 4. The summed E-state index contributed by atoms with van der Waals surface area (Å²) in [5.74, 6) is 0.0244. The number of ether oxygens (including phenoxy) is 1. The van der Waals surface area contributed by atoms with E-state index >= 15 is 0 Å². The van der Waals surface area contributed by atoms with Crippen LogP contribution in [0.5, 0.6) is 5.75 Å². The van der Waals surface area contributed by atoms with Gasteiger partial charge >= 0.3 is 0 Å². The Balaban J connectivity index is 1.70. The molecule has 0 saturated carbocycles. The molecule has 1 aromatic heterocycles. The fraction of sp³-hybridized carbons (Fsp3) is 0.280. The van der Waals surface area contributed by atoms with Crippen LogP contribution in [0, 0.1) is 5.41 Å². The number of nitrogens with one attached hydrogen (secondary N) is 3. The number of H-pyrrole nitrogens is 1. The molecule has 0 spiro atoms. The number of amides is 2. The highest BCUT2D eigenvalue weighted by Gasteiger charge is 2.25. The number of carbonyl (C=O) groups excluding carboxylic acids is 2. The number of aromatic nitrogens is 1. The van der Waals surface area contributed by atoms with E-state index in [-0.39, 0.29) is 11.9 Å². The van der Waals surface area contributed by atoms with Gasteiger partial charge in [-0.1, -0.05) is 51.1 Å².